The largest absolute Gasteiger partial charge is 0.344 e. The van der Waals surface area contributed by atoms with Gasteiger partial charge in [-0.3, -0.25) is 4.79 Å². The third kappa shape index (κ3) is 3.22. The maximum absolute atomic E-state index is 12.8. The van der Waals surface area contributed by atoms with E-state index in [2.05, 4.69) is 36.1 Å². The van der Waals surface area contributed by atoms with Gasteiger partial charge in [0.25, 0.3) is 0 Å². The molecule has 1 N–H and O–H groups in total. The second-order valence-electron chi connectivity index (χ2n) is 6.06. The van der Waals surface area contributed by atoms with E-state index in [1.807, 2.05) is 48.5 Å². The Morgan fingerprint density at radius 2 is 1.92 bits per heavy atom. The Kier molecular flexibility index (Phi) is 4.36. The smallest absolute Gasteiger partial charge is 0.247 e. The first-order chi connectivity index (χ1) is 12.2. The van der Waals surface area contributed by atoms with Gasteiger partial charge < -0.3 is 10.2 Å². The number of para-hydroxylation sites is 1. The number of carbonyl (C=O) groups excluding carboxylic acids is 1. The number of aromatic nitrogens is 2. The molecule has 126 valence electrons. The highest BCUT2D eigenvalue weighted by molar-refractivity contribution is 9.10. The molecular weight excluding hydrogens is 380 g/mol. The zero-order chi connectivity index (χ0) is 17.2. The number of fused-ring (bicyclic) bond motifs is 1. The van der Waals surface area contributed by atoms with Crippen LogP contribution < -0.4 is 10.2 Å². The summed E-state index contributed by atoms with van der Waals surface area (Å²) in [5, 5.41) is 3.99. The molecule has 1 atom stereocenters. The number of rotatable bonds is 3. The molecule has 1 aromatic heterocycles. The van der Waals surface area contributed by atoms with Crippen molar-refractivity contribution >= 4 is 44.2 Å². The lowest BCUT2D eigenvalue weighted by molar-refractivity contribution is -0.117. The van der Waals surface area contributed by atoms with Gasteiger partial charge in [0, 0.05) is 22.1 Å². The topological polar surface area (TPSA) is 58.1 Å². The fraction of sp³-hybridized carbons (Fsp3) is 0.211. The summed E-state index contributed by atoms with van der Waals surface area (Å²) >= 11 is 3.41. The maximum atomic E-state index is 12.8. The van der Waals surface area contributed by atoms with E-state index in [1.54, 1.807) is 6.33 Å². The van der Waals surface area contributed by atoms with Crippen molar-refractivity contribution in [2.75, 3.05) is 16.8 Å². The number of hydrogen-bond donors (Lipinski definition) is 1. The minimum absolute atomic E-state index is 0.00233. The van der Waals surface area contributed by atoms with Crippen LogP contribution in [-0.2, 0) is 4.79 Å². The molecule has 1 unspecified atom stereocenters. The minimum Gasteiger partial charge on any atom is -0.344 e. The number of nitrogens with zero attached hydrogens (tertiary/aromatic N) is 3. The van der Waals surface area contributed by atoms with Crippen molar-refractivity contribution in [3.05, 3.63) is 59.3 Å². The SMILES string of the molecule is O=C(Nc1ccc(Br)cc1)C1CCCN1c1ncnc2ccccc12. The molecule has 0 bridgehead atoms. The standard InChI is InChI=1S/C19H17BrN4O/c20-13-7-9-14(10-8-13)23-19(25)17-6-3-11-24(17)18-15-4-1-2-5-16(15)21-12-22-18/h1-2,4-5,7-10,12,17H,3,6,11H2,(H,23,25). The summed E-state index contributed by atoms with van der Waals surface area (Å²) in [4.78, 5) is 23.7. The summed E-state index contributed by atoms with van der Waals surface area (Å²) in [5.41, 5.74) is 1.69. The van der Waals surface area contributed by atoms with E-state index >= 15 is 0 Å². The number of halogens is 1. The van der Waals surface area contributed by atoms with E-state index in [0.717, 1.165) is 46.3 Å². The van der Waals surface area contributed by atoms with Crippen LogP contribution in [0.4, 0.5) is 11.5 Å². The van der Waals surface area contributed by atoms with Crippen molar-refractivity contribution in [1.82, 2.24) is 9.97 Å². The molecule has 1 amide bonds. The van der Waals surface area contributed by atoms with Gasteiger partial charge in [0.15, 0.2) is 0 Å². The Bertz CT molecular complexity index is 907. The normalized spacial score (nSPS) is 17.0. The van der Waals surface area contributed by atoms with Crippen LogP contribution in [0.5, 0.6) is 0 Å². The molecule has 1 saturated heterocycles. The Morgan fingerprint density at radius 3 is 2.76 bits per heavy atom. The van der Waals surface area contributed by atoms with Gasteiger partial charge >= 0.3 is 0 Å². The van der Waals surface area contributed by atoms with Crippen LogP contribution in [0.15, 0.2) is 59.3 Å². The fourth-order valence-electron chi connectivity index (χ4n) is 3.27. The Labute approximate surface area is 154 Å². The van der Waals surface area contributed by atoms with E-state index in [1.165, 1.54) is 0 Å². The summed E-state index contributed by atoms with van der Waals surface area (Å²) in [6.45, 7) is 0.819. The highest BCUT2D eigenvalue weighted by Gasteiger charge is 2.32. The quantitative estimate of drug-likeness (QED) is 0.726. The molecular formula is C19H17BrN4O. The fourth-order valence-corrected chi connectivity index (χ4v) is 3.54. The lowest BCUT2D eigenvalue weighted by Crippen LogP contribution is -2.40. The van der Waals surface area contributed by atoms with Gasteiger partial charge in [-0.2, -0.15) is 0 Å². The van der Waals surface area contributed by atoms with Crippen molar-refractivity contribution < 1.29 is 4.79 Å². The summed E-state index contributed by atoms with van der Waals surface area (Å²) in [7, 11) is 0. The van der Waals surface area contributed by atoms with Crippen LogP contribution >= 0.6 is 15.9 Å². The van der Waals surface area contributed by atoms with Gasteiger partial charge in [-0.05, 0) is 49.2 Å². The second-order valence-corrected chi connectivity index (χ2v) is 6.98. The van der Waals surface area contributed by atoms with Crippen molar-refractivity contribution in [3.8, 4) is 0 Å². The summed E-state index contributed by atoms with van der Waals surface area (Å²) in [5.74, 6) is 0.835. The lowest BCUT2D eigenvalue weighted by Gasteiger charge is -2.25. The summed E-state index contributed by atoms with van der Waals surface area (Å²) in [6, 6.07) is 15.3. The average Bonchev–Trinajstić information content (AvgIpc) is 3.13. The van der Waals surface area contributed by atoms with Gasteiger partial charge in [0.2, 0.25) is 5.91 Å². The van der Waals surface area contributed by atoms with Gasteiger partial charge in [0.05, 0.1) is 5.52 Å². The van der Waals surface area contributed by atoms with Crippen LogP contribution in [0.3, 0.4) is 0 Å². The molecule has 5 nitrogen and oxygen atoms in total. The monoisotopic (exact) mass is 396 g/mol. The molecule has 1 aliphatic heterocycles. The number of benzene rings is 2. The average molecular weight is 397 g/mol. The predicted octanol–water partition coefficient (Wildman–Crippen LogP) is 4.00. The van der Waals surface area contributed by atoms with Crippen LogP contribution in [-0.4, -0.2) is 28.5 Å². The zero-order valence-electron chi connectivity index (χ0n) is 13.5. The van der Waals surface area contributed by atoms with Crippen molar-refractivity contribution in [2.24, 2.45) is 0 Å². The lowest BCUT2D eigenvalue weighted by atomic mass is 10.1. The van der Waals surface area contributed by atoms with Gasteiger partial charge in [-0.25, -0.2) is 9.97 Å². The number of carbonyl (C=O) groups is 1. The van der Waals surface area contributed by atoms with E-state index in [4.69, 9.17) is 0 Å². The molecule has 4 rings (SSSR count). The van der Waals surface area contributed by atoms with Crippen molar-refractivity contribution in [2.45, 2.75) is 18.9 Å². The van der Waals surface area contributed by atoms with Crippen molar-refractivity contribution in [3.63, 3.8) is 0 Å². The molecule has 0 saturated carbocycles. The van der Waals surface area contributed by atoms with Crippen LogP contribution in [0, 0.1) is 0 Å². The first-order valence-electron chi connectivity index (χ1n) is 8.25. The molecule has 0 radical (unpaired) electrons. The first-order valence-corrected chi connectivity index (χ1v) is 9.04. The number of nitrogens with one attached hydrogen (secondary N) is 1. The Balaban J connectivity index is 1.61. The van der Waals surface area contributed by atoms with Gasteiger partial charge in [-0.15, -0.1) is 0 Å². The van der Waals surface area contributed by atoms with Crippen LogP contribution in [0.25, 0.3) is 10.9 Å². The summed E-state index contributed by atoms with van der Waals surface area (Å²) < 4.78 is 0.987. The molecule has 1 aliphatic rings. The van der Waals surface area contributed by atoms with E-state index < -0.39 is 0 Å². The molecule has 6 heteroatoms. The molecule has 3 aromatic rings. The zero-order valence-corrected chi connectivity index (χ0v) is 15.1. The Hall–Kier alpha value is -2.47. The molecule has 0 spiro atoms. The van der Waals surface area contributed by atoms with Crippen LogP contribution in [0.1, 0.15) is 12.8 Å². The number of anilines is 2. The first kappa shape index (κ1) is 16.0. The third-order valence-electron chi connectivity index (χ3n) is 4.46. The third-order valence-corrected chi connectivity index (χ3v) is 4.99. The van der Waals surface area contributed by atoms with E-state index in [9.17, 15) is 4.79 Å². The molecule has 2 aromatic carbocycles. The minimum atomic E-state index is -0.220. The molecule has 25 heavy (non-hydrogen) atoms. The van der Waals surface area contributed by atoms with E-state index in [0.29, 0.717) is 0 Å². The number of amides is 1. The predicted molar refractivity (Wildman–Crippen MR) is 103 cm³/mol. The molecule has 0 aliphatic carbocycles. The maximum Gasteiger partial charge on any atom is 0.247 e. The molecule has 1 fully saturated rings. The Morgan fingerprint density at radius 1 is 1.12 bits per heavy atom. The van der Waals surface area contributed by atoms with Gasteiger partial charge in [0.1, 0.15) is 18.2 Å². The molecule has 2 heterocycles. The second kappa shape index (κ2) is 6.80. The number of hydrogen-bond acceptors (Lipinski definition) is 4. The highest BCUT2D eigenvalue weighted by atomic mass is 79.9. The van der Waals surface area contributed by atoms with Gasteiger partial charge in [-0.1, -0.05) is 28.1 Å². The van der Waals surface area contributed by atoms with E-state index in [-0.39, 0.29) is 11.9 Å². The highest BCUT2D eigenvalue weighted by Crippen LogP contribution is 2.30. The van der Waals surface area contributed by atoms with Crippen molar-refractivity contribution in [1.29, 1.82) is 0 Å². The summed E-state index contributed by atoms with van der Waals surface area (Å²) in [6.07, 6.45) is 3.36. The van der Waals surface area contributed by atoms with Crippen LogP contribution in [0.2, 0.25) is 0 Å².